The van der Waals surface area contributed by atoms with Gasteiger partial charge in [0.15, 0.2) is 0 Å². The summed E-state index contributed by atoms with van der Waals surface area (Å²) in [7, 11) is 0. The third kappa shape index (κ3) is 2.93. The van der Waals surface area contributed by atoms with Gasteiger partial charge in [-0.15, -0.1) is 0 Å². The van der Waals surface area contributed by atoms with Gasteiger partial charge in [0.05, 0.1) is 11.7 Å². The van der Waals surface area contributed by atoms with Gasteiger partial charge in [-0.1, -0.05) is 22.0 Å². The van der Waals surface area contributed by atoms with Gasteiger partial charge >= 0.3 is 6.18 Å². The maximum absolute atomic E-state index is 12.5. The highest BCUT2D eigenvalue weighted by Gasteiger charge is 2.33. The first-order valence-electron chi connectivity index (χ1n) is 4.11. The Labute approximate surface area is 93.0 Å². The van der Waals surface area contributed by atoms with Crippen molar-refractivity contribution in [3.05, 3.63) is 33.8 Å². The number of hydrogen-bond acceptors (Lipinski definition) is 2. The Bertz CT molecular complexity index is 354. The normalized spacial score (nSPS) is 14.0. The standard InChI is InChI=1S/C9H9BrF3NO/c10-7-2-1-5(8(15)4-14)3-6(7)9(11,12)13/h1-3,8,15H,4,14H2. The van der Waals surface area contributed by atoms with E-state index in [1.165, 1.54) is 12.1 Å². The molecule has 15 heavy (non-hydrogen) atoms. The van der Waals surface area contributed by atoms with Gasteiger partial charge in [0.25, 0.3) is 0 Å². The van der Waals surface area contributed by atoms with Crippen LogP contribution in [0.1, 0.15) is 17.2 Å². The molecule has 0 heterocycles. The molecule has 0 aliphatic heterocycles. The van der Waals surface area contributed by atoms with Crippen molar-refractivity contribution in [1.82, 2.24) is 0 Å². The zero-order valence-electron chi connectivity index (χ0n) is 7.55. The Morgan fingerprint density at radius 2 is 2.00 bits per heavy atom. The first-order valence-corrected chi connectivity index (χ1v) is 4.90. The number of hydrogen-bond donors (Lipinski definition) is 2. The molecular formula is C9H9BrF3NO. The van der Waals surface area contributed by atoms with E-state index in [0.29, 0.717) is 0 Å². The fourth-order valence-electron chi connectivity index (χ4n) is 1.10. The minimum absolute atomic E-state index is 0.0528. The molecule has 0 amide bonds. The van der Waals surface area contributed by atoms with Crippen molar-refractivity contribution in [1.29, 1.82) is 0 Å². The van der Waals surface area contributed by atoms with Gasteiger partial charge in [-0.05, 0) is 17.7 Å². The molecule has 1 rings (SSSR count). The van der Waals surface area contributed by atoms with Crippen LogP contribution in [0.4, 0.5) is 13.2 Å². The number of halogens is 4. The first kappa shape index (κ1) is 12.5. The predicted molar refractivity (Wildman–Crippen MR) is 53.2 cm³/mol. The van der Waals surface area contributed by atoms with E-state index < -0.39 is 17.8 Å². The number of alkyl halides is 3. The summed E-state index contributed by atoms with van der Waals surface area (Å²) in [5.41, 5.74) is 4.51. The predicted octanol–water partition coefficient (Wildman–Crippen LogP) is 2.46. The molecule has 0 aromatic heterocycles. The summed E-state index contributed by atoms with van der Waals surface area (Å²) in [6, 6.07) is 3.54. The van der Waals surface area contributed by atoms with E-state index in [9.17, 15) is 18.3 Å². The highest BCUT2D eigenvalue weighted by molar-refractivity contribution is 9.10. The average molecular weight is 284 g/mol. The van der Waals surface area contributed by atoms with E-state index in [4.69, 9.17) is 5.73 Å². The SMILES string of the molecule is NCC(O)c1ccc(Br)c(C(F)(F)F)c1. The lowest BCUT2D eigenvalue weighted by Crippen LogP contribution is -2.13. The molecule has 6 heteroatoms. The van der Waals surface area contributed by atoms with E-state index in [-0.39, 0.29) is 16.6 Å². The summed E-state index contributed by atoms with van der Waals surface area (Å²) in [4.78, 5) is 0. The summed E-state index contributed by atoms with van der Waals surface area (Å²) >= 11 is 2.80. The van der Waals surface area contributed by atoms with Gasteiger partial charge in [0.1, 0.15) is 0 Å². The zero-order valence-corrected chi connectivity index (χ0v) is 9.14. The van der Waals surface area contributed by atoms with Crippen LogP contribution in [0.15, 0.2) is 22.7 Å². The molecule has 3 N–H and O–H groups in total. The molecule has 1 aromatic rings. The highest BCUT2D eigenvalue weighted by Crippen LogP contribution is 2.36. The van der Waals surface area contributed by atoms with Crippen molar-refractivity contribution in [2.45, 2.75) is 12.3 Å². The van der Waals surface area contributed by atoms with Gasteiger partial charge in [0, 0.05) is 11.0 Å². The summed E-state index contributed by atoms with van der Waals surface area (Å²) in [6.07, 6.45) is -5.51. The molecule has 0 aliphatic carbocycles. The summed E-state index contributed by atoms with van der Waals surface area (Å²) in [6.45, 7) is -0.112. The monoisotopic (exact) mass is 283 g/mol. The lowest BCUT2D eigenvalue weighted by atomic mass is 10.1. The van der Waals surface area contributed by atoms with E-state index in [0.717, 1.165) is 6.07 Å². The number of nitrogens with two attached hydrogens (primary N) is 1. The number of benzene rings is 1. The molecule has 1 atom stereocenters. The van der Waals surface area contributed by atoms with Gasteiger partial charge in [0.2, 0.25) is 0 Å². The van der Waals surface area contributed by atoms with Crippen LogP contribution < -0.4 is 5.73 Å². The van der Waals surface area contributed by atoms with Crippen LogP contribution in [0.2, 0.25) is 0 Å². The average Bonchev–Trinajstić information content (AvgIpc) is 2.15. The van der Waals surface area contributed by atoms with E-state index in [1.54, 1.807) is 0 Å². The molecule has 1 unspecified atom stereocenters. The molecule has 2 nitrogen and oxygen atoms in total. The molecule has 0 radical (unpaired) electrons. The van der Waals surface area contributed by atoms with Crippen LogP contribution in [0.5, 0.6) is 0 Å². The summed E-state index contributed by atoms with van der Waals surface area (Å²) < 4.78 is 37.3. The van der Waals surface area contributed by atoms with Gasteiger partial charge in [-0.25, -0.2) is 0 Å². The minimum atomic E-state index is -4.44. The van der Waals surface area contributed by atoms with Crippen molar-refractivity contribution in [2.24, 2.45) is 5.73 Å². The Kier molecular flexibility index (Phi) is 3.75. The number of rotatable bonds is 2. The van der Waals surface area contributed by atoms with Gasteiger partial charge in [-0.3, -0.25) is 0 Å². The largest absolute Gasteiger partial charge is 0.417 e. The minimum Gasteiger partial charge on any atom is -0.387 e. The Balaban J connectivity index is 3.17. The molecule has 0 aliphatic rings. The van der Waals surface area contributed by atoms with Gasteiger partial charge in [-0.2, -0.15) is 13.2 Å². The fourth-order valence-corrected chi connectivity index (χ4v) is 1.57. The topological polar surface area (TPSA) is 46.2 Å². The molecule has 0 saturated carbocycles. The van der Waals surface area contributed by atoms with Crippen LogP contribution in [0.25, 0.3) is 0 Å². The Morgan fingerprint density at radius 3 is 2.47 bits per heavy atom. The third-order valence-corrected chi connectivity index (χ3v) is 2.60. The molecule has 84 valence electrons. The van der Waals surface area contributed by atoms with Crippen molar-refractivity contribution in [2.75, 3.05) is 6.54 Å². The van der Waals surface area contributed by atoms with Crippen molar-refractivity contribution < 1.29 is 18.3 Å². The van der Waals surface area contributed by atoms with E-state index in [2.05, 4.69) is 15.9 Å². The van der Waals surface area contributed by atoms with Crippen molar-refractivity contribution in [3.8, 4) is 0 Å². The molecule has 0 bridgehead atoms. The number of aliphatic hydroxyl groups is 1. The third-order valence-electron chi connectivity index (χ3n) is 1.90. The van der Waals surface area contributed by atoms with E-state index in [1.807, 2.05) is 0 Å². The lowest BCUT2D eigenvalue weighted by molar-refractivity contribution is -0.138. The second kappa shape index (κ2) is 4.51. The highest BCUT2D eigenvalue weighted by atomic mass is 79.9. The van der Waals surface area contributed by atoms with Crippen molar-refractivity contribution >= 4 is 15.9 Å². The van der Waals surface area contributed by atoms with Crippen LogP contribution in [-0.2, 0) is 6.18 Å². The summed E-state index contributed by atoms with van der Waals surface area (Å²) in [5.74, 6) is 0. The van der Waals surface area contributed by atoms with Crippen LogP contribution in [0.3, 0.4) is 0 Å². The molecular weight excluding hydrogens is 275 g/mol. The maximum atomic E-state index is 12.5. The molecule has 0 spiro atoms. The summed E-state index contributed by atoms with van der Waals surface area (Å²) in [5, 5.41) is 9.30. The van der Waals surface area contributed by atoms with Crippen LogP contribution >= 0.6 is 15.9 Å². The van der Waals surface area contributed by atoms with Crippen LogP contribution in [0, 0.1) is 0 Å². The van der Waals surface area contributed by atoms with Gasteiger partial charge < -0.3 is 10.8 Å². The Morgan fingerprint density at radius 1 is 1.40 bits per heavy atom. The first-order chi connectivity index (χ1) is 6.86. The molecule has 0 fully saturated rings. The zero-order chi connectivity index (χ0) is 11.6. The Hall–Kier alpha value is -0.590. The maximum Gasteiger partial charge on any atom is 0.417 e. The quantitative estimate of drug-likeness (QED) is 0.876. The second-order valence-corrected chi connectivity index (χ2v) is 3.84. The van der Waals surface area contributed by atoms with E-state index >= 15 is 0 Å². The molecule has 0 saturated heterocycles. The van der Waals surface area contributed by atoms with Crippen LogP contribution in [-0.4, -0.2) is 11.7 Å². The van der Waals surface area contributed by atoms with Crippen molar-refractivity contribution in [3.63, 3.8) is 0 Å². The fraction of sp³-hybridized carbons (Fsp3) is 0.333. The molecule has 1 aromatic carbocycles. The lowest BCUT2D eigenvalue weighted by Gasteiger charge is -2.13. The second-order valence-electron chi connectivity index (χ2n) is 2.99. The number of aliphatic hydroxyl groups excluding tert-OH is 1. The smallest absolute Gasteiger partial charge is 0.387 e.